The van der Waals surface area contributed by atoms with Crippen molar-refractivity contribution in [2.45, 2.75) is 13.5 Å². The molecule has 0 aliphatic rings. The number of phenols is 1. The lowest BCUT2D eigenvalue weighted by Gasteiger charge is -2.10. The summed E-state index contributed by atoms with van der Waals surface area (Å²) in [5.74, 6) is -0.571. The summed E-state index contributed by atoms with van der Waals surface area (Å²) < 4.78 is 13.1. The largest absolute Gasteiger partial charge is 0.508 e. The summed E-state index contributed by atoms with van der Waals surface area (Å²) in [5, 5.41) is 21.3. The van der Waals surface area contributed by atoms with E-state index in [2.05, 4.69) is 11.4 Å². The van der Waals surface area contributed by atoms with Crippen LogP contribution in [0.3, 0.4) is 0 Å². The van der Waals surface area contributed by atoms with Crippen molar-refractivity contribution in [2.75, 3.05) is 5.32 Å². The zero-order valence-electron chi connectivity index (χ0n) is 10.4. The smallest absolute Gasteiger partial charge is 0.127 e. The molecule has 0 atom stereocenters. The first kappa shape index (κ1) is 12.9. The molecule has 4 heteroatoms. The van der Waals surface area contributed by atoms with Gasteiger partial charge in [-0.1, -0.05) is 6.07 Å². The van der Waals surface area contributed by atoms with Gasteiger partial charge in [-0.15, -0.1) is 0 Å². The Balaban J connectivity index is 2.16. The molecule has 0 aliphatic heterocycles. The summed E-state index contributed by atoms with van der Waals surface area (Å²) >= 11 is 0. The van der Waals surface area contributed by atoms with E-state index in [0.29, 0.717) is 17.7 Å². The van der Waals surface area contributed by atoms with Crippen molar-refractivity contribution < 1.29 is 9.50 Å². The van der Waals surface area contributed by atoms with Crippen LogP contribution in [0.5, 0.6) is 5.75 Å². The molecule has 0 unspecified atom stereocenters. The number of aromatic hydroxyl groups is 1. The van der Waals surface area contributed by atoms with E-state index in [1.165, 1.54) is 12.1 Å². The molecular weight excluding hydrogens is 243 g/mol. The summed E-state index contributed by atoms with van der Waals surface area (Å²) in [6, 6.07) is 11.3. The number of halogens is 1. The highest BCUT2D eigenvalue weighted by atomic mass is 19.1. The van der Waals surface area contributed by atoms with Crippen molar-refractivity contribution >= 4 is 5.69 Å². The number of hydrogen-bond donors (Lipinski definition) is 2. The molecule has 19 heavy (non-hydrogen) atoms. The van der Waals surface area contributed by atoms with Gasteiger partial charge in [-0.2, -0.15) is 5.26 Å². The molecule has 0 heterocycles. The zero-order chi connectivity index (χ0) is 13.8. The van der Waals surface area contributed by atoms with E-state index in [1.54, 1.807) is 12.1 Å². The third-order valence-electron chi connectivity index (χ3n) is 2.79. The van der Waals surface area contributed by atoms with Gasteiger partial charge in [-0.05, 0) is 42.3 Å². The van der Waals surface area contributed by atoms with Crippen LogP contribution >= 0.6 is 0 Å². The highest BCUT2D eigenvalue weighted by Crippen LogP contribution is 2.19. The van der Waals surface area contributed by atoms with Crippen LogP contribution in [0.2, 0.25) is 0 Å². The molecule has 2 aromatic rings. The normalized spacial score (nSPS) is 9.95. The quantitative estimate of drug-likeness (QED) is 0.885. The van der Waals surface area contributed by atoms with Crippen molar-refractivity contribution in [2.24, 2.45) is 0 Å². The number of benzene rings is 2. The van der Waals surface area contributed by atoms with Gasteiger partial charge in [-0.3, -0.25) is 0 Å². The van der Waals surface area contributed by atoms with Crippen molar-refractivity contribution in [3.63, 3.8) is 0 Å². The number of rotatable bonds is 3. The van der Waals surface area contributed by atoms with Crippen LogP contribution in [0.25, 0.3) is 0 Å². The first-order valence-corrected chi connectivity index (χ1v) is 5.81. The van der Waals surface area contributed by atoms with E-state index in [1.807, 2.05) is 13.0 Å². The number of phenolic OH excluding ortho intramolecular Hbond substituents is 1. The minimum absolute atomic E-state index is 0.0979. The number of nitriles is 1. The number of hydrogen-bond acceptors (Lipinski definition) is 3. The molecule has 0 aromatic heterocycles. The molecule has 2 aromatic carbocycles. The highest BCUT2D eigenvalue weighted by molar-refractivity contribution is 5.55. The highest BCUT2D eigenvalue weighted by Gasteiger charge is 2.03. The van der Waals surface area contributed by atoms with Gasteiger partial charge in [0.15, 0.2) is 0 Å². The van der Waals surface area contributed by atoms with E-state index in [0.717, 1.165) is 17.3 Å². The second kappa shape index (κ2) is 5.40. The summed E-state index contributed by atoms with van der Waals surface area (Å²) in [4.78, 5) is 0. The van der Waals surface area contributed by atoms with Crippen LogP contribution < -0.4 is 5.32 Å². The first-order chi connectivity index (χ1) is 9.08. The van der Waals surface area contributed by atoms with Crippen LogP contribution in [-0.2, 0) is 6.54 Å². The average molecular weight is 256 g/mol. The number of aryl methyl sites for hydroxylation is 1. The van der Waals surface area contributed by atoms with Crippen LogP contribution in [0.4, 0.5) is 10.1 Å². The monoisotopic (exact) mass is 256 g/mol. The second-order valence-corrected chi connectivity index (χ2v) is 4.31. The molecule has 0 radical (unpaired) electrons. The van der Waals surface area contributed by atoms with Crippen molar-refractivity contribution in [3.8, 4) is 11.8 Å². The van der Waals surface area contributed by atoms with Gasteiger partial charge in [0.1, 0.15) is 11.6 Å². The molecule has 96 valence electrons. The molecule has 3 nitrogen and oxygen atoms in total. The van der Waals surface area contributed by atoms with Crippen LogP contribution in [0.15, 0.2) is 36.4 Å². The zero-order valence-corrected chi connectivity index (χ0v) is 10.4. The van der Waals surface area contributed by atoms with Crippen molar-refractivity contribution in [3.05, 3.63) is 58.9 Å². The standard InChI is InChI=1S/C15H13FN2O/c1-10-2-3-11(8-17)6-15(10)18-9-12-4-13(16)7-14(19)5-12/h2-7,18-19H,9H2,1H3. The van der Waals surface area contributed by atoms with Crippen molar-refractivity contribution in [1.29, 1.82) is 5.26 Å². The molecule has 0 amide bonds. The fourth-order valence-corrected chi connectivity index (χ4v) is 1.81. The van der Waals surface area contributed by atoms with Gasteiger partial charge in [0.2, 0.25) is 0 Å². The lowest BCUT2D eigenvalue weighted by molar-refractivity contribution is 0.468. The number of nitrogens with zero attached hydrogens (tertiary/aromatic N) is 1. The molecule has 0 saturated carbocycles. The summed E-state index contributed by atoms with van der Waals surface area (Å²) in [7, 11) is 0. The van der Waals surface area contributed by atoms with E-state index in [4.69, 9.17) is 5.26 Å². The fraction of sp³-hybridized carbons (Fsp3) is 0.133. The third-order valence-corrected chi connectivity index (χ3v) is 2.79. The Morgan fingerprint density at radius 3 is 2.74 bits per heavy atom. The SMILES string of the molecule is Cc1ccc(C#N)cc1NCc1cc(O)cc(F)c1. The Hall–Kier alpha value is -2.54. The minimum Gasteiger partial charge on any atom is -0.508 e. The summed E-state index contributed by atoms with van der Waals surface area (Å²) in [6.45, 7) is 2.30. The Morgan fingerprint density at radius 1 is 1.26 bits per heavy atom. The Kier molecular flexibility index (Phi) is 3.67. The molecule has 0 bridgehead atoms. The van der Waals surface area contributed by atoms with Gasteiger partial charge in [0.25, 0.3) is 0 Å². The predicted molar refractivity (Wildman–Crippen MR) is 71.3 cm³/mol. The van der Waals surface area contributed by atoms with Crippen molar-refractivity contribution in [1.82, 2.24) is 0 Å². The maximum absolute atomic E-state index is 13.1. The molecule has 0 saturated heterocycles. The summed E-state index contributed by atoms with van der Waals surface area (Å²) in [5.41, 5.74) is 3.02. The third kappa shape index (κ3) is 3.23. The Morgan fingerprint density at radius 2 is 2.05 bits per heavy atom. The van der Waals surface area contributed by atoms with Gasteiger partial charge < -0.3 is 10.4 Å². The second-order valence-electron chi connectivity index (χ2n) is 4.31. The molecule has 0 aliphatic carbocycles. The fourth-order valence-electron chi connectivity index (χ4n) is 1.81. The van der Waals surface area contributed by atoms with Crippen LogP contribution in [0, 0.1) is 24.1 Å². The van der Waals surface area contributed by atoms with Crippen LogP contribution in [-0.4, -0.2) is 5.11 Å². The van der Waals surface area contributed by atoms with E-state index < -0.39 is 5.82 Å². The maximum atomic E-state index is 13.1. The molecular formula is C15H13FN2O. The number of anilines is 1. The van der Waals surface area contributed by atoms with Gasteiger partial charge in [0, 0.05) is 18.3 Å². The van der Waals surface area contributed by atoms with Gasteiger partial charge in [-0.25, -0.2) is 4.39 Å². The Bertz CT molecular complexity index is 627. The van der Waals surface area contributed by atoms with Gasteiger partial charge in [0.05, 0.1) is 11.6 Å². The van der Waals surface area contributed by atoms with Gasteiger partial charge >= 0.3 is 0 Å². The lowest BCUT2D eigenvalue weighted by atomic mass is 10.1. The number of nitrogens with one attached hydrogen (secondary N) is 1. The first-order valence-electron chi connectivity index (χ1n) is 5.81. The molecule has 0 spiro atoms. The van der Waals surface area contributed by atoms with E-state index in [9.17, 15) is 9.50 Å². The molecule has 2 rings (SSSR count). The van der Waals surface area contributed by atoms with E-state index >= 15 is 0 Å². The predicted octanol–water partition coefficient (Wildman–Crippen LogP) is 3.32. The minimum atomic E-state index is -0.473. The van der Waals surface area contributed by atoms with E-state index in [-0.39, 0.29) is 5.75 Å². The topological polar surface area (TPSA) is 56.0 Å². The lowest BCUT2D eigenvalue weighted by Crippen LogP contribution is -2.01. The average Bonchev–Trinajstić information content (AvgIpc) is 2.37. The summed E-state index contributed by atoms with van der Waals surface area (Å²) in [6.07, 6.45) is 0. The Labute approximate surface area is 110 Å². The maximum Gasteiger partial charge on any atom is 0.127 e. The van der Waals surface area contributed by atoms with Crippen LogP contribution in [0.1, 0.15) is 16.7 Å². The molecule has 2 N–H and O–H groups in total. The molecule has 0 fully saturated rings.